The zero-order valence-electron chi connectivity index (χ0n) is 15.2. The fourth-order valence-electron chi connectivity index (χ4n) is 1.87. The number of hydrogen-bond acceptors (Lipinski definition) is 6. The predicted molar refractivity (Wildman–Crippen MR) is 94.5 cm³/mol. The molecular weight excluding hydrogens is 334 g/mol. The van der Waals surface area contributed by atoms with Gasteiger partial charge in [0.25, 0.3) is 5.91 Å². The molecule has 0 aromatic heterocycles. The Morgan fingerprint density at radius 1 is 1.35 bits per heavy atom. The van der Waals surface area contributed by atoms with Gasteiger partial charge in [-0.25, -0.2) is 4.79 Å². The first kappa shape index (κ1) is 20.7. The standard InChI is InChI=1S/C19H21N3O4/c1-13(2)19(3,12-21)22-17(23)11-26-18(24)15(10-20)8-14-6-5-7-16(9-14)25-4/h5-9,13H,11H2,1-4H3,(H,22,23)/b15-8+/t19-/m1/s1. The van der Waals surface area contributed by atoms with E-state index in [2.05, 4.69) is 5.32 Å². The lowest BCUT2D eigenvalue weighted by Gasteiger charge is -2.27. The highest BCUT2D eigenvalue weighted by Gasteiger charge is 2.30. The van der Waals surface area contributed by atoms with Crippen LogP contribution in [-0.4, -0.2) is 31.1 Å². The third-order valence-corrected chi connectivity index (χ3v) is 3.87. The van der Waals surface area contributed by atoms with E-state index in [1.54, 1.807) is 51.1 Å². The molecule has 1 rings (SSSR count). The van der Waals surface area contributed by atoms with Gasteiger partial charge in [-0.05, 0) is 36.6 Å². The highest BCUT2D eigenvalue weighted by molar-refractivity contribution is 5.98. The number of carbonyl (C=O) groups excluding carboxylic acids is 2. The van der Waals surface area contributed by atoms with E-state index in [-0.39, 0.29) is 11.5 Å². The van der Waals surface area contributed by atoms with Crippen LogP contribution in [0, 0.1) is 28.6 Å². The lowest BCUT2D eigenvalue weighted by atomic mass is 9.90. The van der Waals surface area contributed by atoms with Gasteiger partial charge in [-0.15, -0.1) is 0 Å². The van der Waals surface area contributed by atoms with Gasteiger partial charge in [0.1, 0.15) is 22.9 Å². The molecular formula is C19H21N3O4. The van der Waals surface area contributed by atoms with E-state index in [1.807, 2.05) is 6.07 Å². The molecule has 1 aromatic rings. The zero-order valence-corrected chi connectivity index (χ0v) is 15.2. The maximum Gasteiger partial charge on any atom is 0.349 e. The van der Waals surface area contributed by atoms with Crippen LogP contribution >= 0.6 is 0 Å². The van der Waals surface area contributed by atoms with Crippen LogP contribution in [0.15, 0.2) is 29.8 Å². The summed E-state index contributed by atoms with van der Waals surface area (Å²) < 4.78 is 9.95. The van der Waals surface area contributed by atoms with E-state index in [0.717, 1.165) is 0 Å². The summed E-state index contributed by atoms with van der Waals surface area (Å²) >= 11 is 0. The summed E-state index contributed by atoms with van der Waals surface area (Å²) in [4.78, 5) is 23.9. The van der Waals surface area contributed by atoms with Crippen molar-refractivity contribution in [2.75, 3.05) is 13.7 Å². The van der Waals surface area contributed by atoms with Crippen molar-refractivity contribution in [2.45, 2.75) is 26.3 Å². The summed E-state index contributed by atoms with van der Waals surface area (Å²) in [6, 6.07) is 10.6. The normalized spacial score (nSPS) is 13.1. The monoisotopic (exact) mass is 355 g/mol. The molecule has 0 heterocycles. The molecule has 0 saturated carbocycles. The number of nitrogens with zero attached hydrogens (tertiary/aromatic N) is 2. The van der Waals surface area contributed by atoms with Crippen molar-refractivity contribution in [3.8, 4) is 17.9 Å². The molecule has 1 amide bonds. The molecule has 0 saturated heterocycles. The molecule has 1 N–H and O–H groups in total. The van der Waals surface area contributed by atoms with Gasteiger partial charge in [0.2, 0.25) is 0 Å². The number of esters is 1. The molecule has 1 aromatic carbocycles. The Balaban J connectivity index is 2.76. The quantitative estimate of drug-likeness (QED) is 0.456. The Labute approximate surface area is 152 Å². The molecule has 0 spiro atoms. The average molecular weight is 355 g/mol. The number of amides is 1. The Morgan fingerprint density at radius 2 is 2.04 bits per heavy atom. The number of benzene rings is 1. The van der Waals surface area contributed by atoms with Crippen molar-refractivity contribution >= 4 is 18.0 Å². The van der Waals surface area contributed by atoms with Gasteiger partial charge >= 0.3 is 5.97 Å². The topological polar surface area (TPSA) is 112 Å². The number of ether oxygens (including phenoxy) is 2. The minimum atomic E-state index is -1.07. The van der Waals surface area contributed by atoms with Gasteiger partial charge in [-0.1, -0.05) is 26.0 Å². The van der Waals surface area contributed by atoms with Gasteiger partial charge in [-0.3, -0.25) is 4.79 Å². The predicted octanol–water partition coefficient (Wildman–Crippen LogP) is 2.20. The Morgan fingerprint density at radius 3 is 2.58 bits per heavy atom. The van der Waals surface area contributed by atoms with Crippen LogP contribution in [0.5, 0.6) is 5.75 Å². The van der Waals surface area contributed by atoms with Crippen molar-refractivity contribution in [3.63, 3.8) is 0 Å². The first-order valence-corrected chi connectivity index (χ1v) is 7.91. The number of hydrogen-bond donors (Lipinski definition) is 1. The van der Waals surface area contributed by atoms with E-state index in [4.69, 9.17) is 14.7 Å². The molecule has 0 aliphatic carbocycles. The molecule has 0 bridgehead atoms. The second-order valence-corrected chi connectivity index (χ2v) is 6.04. The molecule has 0 aliphatic heterocycles. The molecule has 0 aliphatic rings. The molecule has 0 unspecified atom stereocenters. The number of rotatable bonds is 7. The minimum absolute atomic E-state index is 0.130. The van der Waals surface area contributed by atoms with E-state index >= 15 is 0 Å². The van der Waals surface area contributed by atoms with E-state index in [1.165, 1.54) is 13.2 Å². The maximum atomic E-state index is 12.0. The van der Waals surface area contributed by atoms with Crippen molar-refractivity contribution in [1.29, 1.82) is 10.5 Å². The van der Waals surface area contributed by atoms with E-state index in [0.29, 0.717) is 11.3 Å². The van der Waals surface area contributed by atoms with Crippen molar-refractivity contribution in [1.82, 2.24) is 5.32 Å². The smallest absolute Gasteiger partial charge is 0.349 e. The number of nitrogens with one attached hydrogen (secondary N) is 1. The van der Waals surface area contributed by atoms with Gasteiger partial charge in [0, 0.05) is 0 Å². The Hall–Kier alpha value is -3.32. The van der Waals surface area contributed by atoms with Crippen molar-refractivity contribution < 1.29 is 19.1 Å². The highest BCUT2D eigenvalue weighted by Crippen LogP contribution is 2.16. The minimum Gasteiger partial charge on any atom is -0.497 e. The molecule has 136 valence electrons. The molecule has 1 atom stereocenters. The van der Waals surface area contributed by atoms with Crippen LogP contribution in [0.1, 0.15) is 26.3 Å². The third kappa shape index (κ3) is 5.64. The van der Waals surface area contributed by atoms with Crippen molar-refractivity contribution in [3.05, 3.63) is 35.4 Å². The highest BCUT2D eigenvalue weighted by atomic mass is 16.5. The number of carbonyl (C=O) groups is 2. The summed E-state index contributed by atoms with van der Waals surface area (Å²) in [6.45, 7) is 4.58. The Kier molecular flexibility index (Phi) is 7.36. The van der Waals surface area contributed by atoms with E-state index < -0.39 is 24.0 Å². The average Bonchev–Trinajstić information content (AvgIpc) is 2.63. The van der Waals surface area contributed by atoms with Crippen LogP contribution in [0.2, 0.25) is 0 Å². The first-order chi connectivity index (χ1) is 12.3. The zero-order chi connectivity index (χ0) is 19.7. The number of nitriles is 2. The van der Waals surface area contributed by atoms with Crippen LogP contribution < -0.4 is 10.1 Å². The van der Waals surface area contributed by atoms with Crippen LogP contribution in [0.3, 0.4) is 0 Å². The maximum absolute atomic E-state index is 12.0. The van der Waals surface area contributed by atoms with Gasteiger partial charge < -0.3 is 14.8 Å². The first-order valence-electron chi connectivity index (χ1n) is 7.91. The van der Waals surface area contributed by atoms with Crippen LogP contribution in [0.4, 0.5) is 0 Å². The summed E-state index contributed by atoms with van der Waals surface area (Å²) in [5, 5.41) is 20.9. The van der Waals surface area contributed by atoms with Crippen LogP contribution in [-0.2, 0) is 14.3 Å². The molecule has 0 fully saturated rings. The molecule has 0 radical (unpaired) electrons. The number of methoxy groups -OCH3 is 1. The molecule has 7 heteroatoms. The van der Waals surface area contributed by atoms with Gasteiger partial charge in [0.05, 0.1) is 13.2 Å². The van der Waals surface area contributed by atoms with Gasteiger partial charge in [0.15, 0.2) is 6.61 Å². The Bertz CT molecular complexity index is 787. The molecule has 26 heavy (non-hydrogen) atoms. The lowest BCUT2D eigenvalue weighted by molar-refractivity contribution is -0.144. The summed E-state index contributed by atoms with van der Waals surface area (Å²) in [5.41, 5.74) is -0.741. The summed E-state index contributed by atoms with van der Waals surface area (Å²) in [6.07, 6.45) is 1.34. The second-order valence-electron chi connectivity index (χ2n) is 6.04. The van der Waals surface area contributed by atoms with Gasteiger partial charge in [-0.2, -0.15) is 10.5 Å². The fourth-order valence-corrected chi connectivity index (χ4v) is 1.87. The third-order valence-electron chi connectivity index (χ3n) is 3.87. The lowest BCUT2D eigenvalue weighted by Crippen LogP contribution is -2.50. The fraction of sp³-hybridized carbons (Fsp3) is 0.368. The summed E-state index contributed by atoms with van der Waals surface area (Å²) in [7, 11) is 1.51. The largest absolute Gasteiger partial charge is 0.497 e. The summed E-state index contributed by atoms with van der Waals surface area (Å²) in [5.74, 6) is -1.09. The van der Waals surface area contributed by atoms with E-state index in [9.17, 15) is 14.9 Å². The SMILES string of the molecule is COc1cccc(/C=C(\C#N)C(=O)OCC(=O)N[C@](C)(C#N)C(C)C)c1. The molecule has 7 nitrogen and oxygen atoms in total. The van der Waals surface area contributed by atoms with Crippen LogP contribution in [0.25, 0.3) is 6.08 Å². The second kappa shape index (κ2) is 9.24. The van der Waals surface area contributed by atoms with Crippen molar-refractivity contribution in [2.24, 2.45) is 5.92 Å².